The molecule has 5 nitrogen and oxygen atoms in total. The van der Waals surface area contributed by atoms with E-state index in [-0.39, 0.29) is 5.91 Å². The Balaban J connectivity index is 2.19. The van der Waals surface area contributed by atoms with Gasteiger partial charge in [-0.25, -0.2) is 9.97 Å². The van der Waals surface area contributed by atoms with E-state index in [1.807, 2.05) is 0 Å². The third-order valence-corrected chi connectivity index (χ3v) is 2.03. The number of hydrogen-bond donors (Lipinski definition) is 2. The summed E-state index contributed by atoms with van der Waals surface area (Å²) >= 11 is 0. The van der Waals surface area contributed by atoms with Gasteiger partial charge in [0.2, 0.25) is 0 Å². The number of rotatable bonds is 2. The number of hydrogen-bond acceptors (Lipinski definition) is 4. The summed E-state index contributed by atoms with van der Waals surface area (Å²) in [6.45, 7) is 0. The summed E-state index contributed by atoms with van der Waals surface area (Å²) in [5.41, 5.74) is 6.55. The van der Waals surface area contributed by atoms with Gasteiger partial charge in [-0.1, -0.05) is 12.1 Å². The number of benzene rings is 1. The molecule has 1 heterocycles. The summed E-state index contributed by atoms with van der Waals surface area (Å²) in [5.74, 6) is 0.167. The third kappa shape index (κ3) is 2.14. The van der Waals surface area contributed by atoms with Gasteiger partial charge in [-0.3, -0.25) is 4.79 Å². The third-order valence-electron chi connectivity index (χ3n) is 2.03. The van der Waals surface area contributed by atoms with E-state index in [0.29, 0.717) is 17.1 Å². The number of carbonyl (C=O) groups excluding carboxylic acids is 1. The van der Waals surface area contributed by atoms with Crippen molar-refractivity contribution in [2.75, 3.05) is 11.1 Å². The molecule has 1 aromatic carbocycles. The van der Waals surface area contributed by atoms with Crippen LogP contribution in [0.1, 0.15) is 10.4 Å². The molecule has 2 rings (SSSR count). The van der Waals surface area contributed by atoms with Gasteiger partial charge in [0, 0.05) is 11.9 Å². The lowest BCUT2D eigenvalue weighted by Gasteiger charge is -2.05. The highest BCUT2D eigenvalue weighted by atomic mass is 16.1. The summed E-state index contributed by atoms with van der Waals surface area (Å²) in [6, 6.07) is 8.47. The summed E-state index contributed by atoms with van der Waals surface area (Å²) < 4.78 is 0. The molecule has 0 aliphatic carbocycles. The van der Waals surface area contributed by atoms with Crippen LogP contribution in [0.4, 0.5) is 11.5 Å². The van der Waals surface area contributed by atoms with Crippen molar-refractivity contribution in [1.29, 1.82) is 0 Å². The largest absolute Gasteiger partial charge is 0.398 e. The summed E-state index contributed by atoms with van der Waals surface area (Å²) in [5, 5.41) is 2.63. The average Bonchev–Trinajstić information content (AvgIpc) is 2.31. The van der Waals surface area contributed by atoms with Gasteiger partial charge in [-0.15, -0.1) is 0 Å². The van der Waals surface area contributed by atoms with Crippen LogP contribution in [-0.4, -0.2) is 15.9 Å². The first-order valence-corrected chi connectivity index (χ1v) is 4.69. The van der Waals surface area contributed by atoms with Gasteiger partial charge in [-0.05, 0) is 18.2 Å². The molecule has 0 aliphatic heterocycles. The molecular formula is C11H10N4O. The zero-order valence-corrected chi connectivity index (χ0v) is 8.42. The van der Waals surface area contributed by atoms with Crippen molar-refractivity contribution in [3.05, 3.63) is 48.4 Å². The Kier molecular flexibility index (Phi) is 2.77. The molecule has 2 aromatic rings. The zero-order valence-electron chi connectivity index (χ0n) is 8.42. The lowest BCUT2D eigenvalue weighted by Crippen LogP contribution is -2.14. The molecule has 5 heteroatoms. The summed E-state index contributed by atoms with van der Waals surface area (Å²) in [6.07, 6.45) is 2.92. The van der Waals surface area contributed by atoms with Gasteiger partial charge in [-0.2, -0.15) is 0 Å². The van der Waals surface area contributed by atoms with Gasteiger partial charge >= 0.3 is 0 Å². The Morgan fingerprint density at radius 1 is 1.25 bits per heavy atom. The predicted octanol–water partition coefficient (Wildman–Crippen LogP) is 1.31. The number of nitrogens with two attached hydrogens (primary N) is 1. The molecule has 0 fully saturated rings. The van der Waals surface area contributed by atoms with Gasteiger partial charge in [0.25, 0.3) is 5.91 Å². The standard InChI is InChI=1S/C11H10N4O/c12-9-4-2-1-3-8(9)11(16)15-10-5-6-13-7-14-10/h1-7H,12H2,(H,13,14,15,16). The molecule has 0 bridgehead atoms. The minimum absolute atomic E-state index is 0.281. The second-order valence-electron chi connectivity index (χ2n) is 3.14. The van der Waals surface area contributed by atoms with E-state index in [9.17, 15) is 4.79 Å². The van der Waals surface area contributed by atoms with Crippen LogP contribution in [-0.2, 0) is 0 Å². The zero-order chi connectivity index (χ0) is 11.4. The van der Waals surface area contributed by atoms with Crippen molar-refractivity contribution < 1.29 is 4.79 Å². The SMILES string of the molecule is Nc1ccccc1C(=O)Nc1ccncn1. The number of nitrogen functional groups attached to an aromatic ring is 1. The van der Waals surface area contributed by atoms with Gasteiger partial charge in [0.1, 0.15) is 12.1 Å². The van der Waals surface area contributed by atoms with Crippen molar-refractivity contribution in [2.24, 2.45) is 0 Å². The van der Waals surface area contributed by atoms with Gasteiger partial charge in [0.05, 0.1) is 5.56 Å². The van der Waals surface area contributed by atoms with E-state index in [1.54, 1.807) is 36.5 Å². The van der Waals surface area contributed by atoms with Gasteiger partial charge < -0.3 is 11.1 Å². The minimum atomic E-state index is -0.281. The number of para-hydroxylation sites is 1. The first-order valence-electron chi connectivity index (χ1n) is 4.69. The van der Waals surface area contributed by atoms with Crippen LogP contribution in [0.3, 0.4) is 0 Å². The Labute approximate surface area is 92.3 Å². The van der Waals surface area contributed by atoms with Gasteiger partial charge in [0.15, 0.2) is 0 Å². The fourth-order valence-corrected chi connectivity index (χ4v) is 1.25. The normalized spacial score (nSPS) is 9.75. The molecule has 3 N–H and O–H groups in total. The molecule has 0 radical (unpaired) electrons. The minimum Gasteiger partial charge on any atom is -0.398 e. The number of amides is 1. The molecule has 0 saturated heterocycles. The predicted molar refractivity (Wildman–Crippen MR) is 60.8 cm³/mol. The maximum Gasteiger partial charge on any atom is 0.258 e. The number of nitrogens with zero attached hydrogens (tertiary/aromatic N) is 2. The van der Waals surface area contributed by atoms with Crippen LogP contribution in [0.25, 0.3) is 0 Å². The molecule has 80 valence electrons. The van der Waals surface area contributed by atoms with Crippen molar-refractivity contribution in [2.45, 2.75) is 0 Å². The van der Waals surface area contributed by atoms with E-state index < -0.39 is 0 Å². The van der Waals surface area contributed by atoms with Crippen molar-refractivity contribution in [3.63, 3.8) is 0 Å². The molecule has 0 saturated carbocycles. The van der Waals surface area contributed by atoms with Crippen molar-refractivity contribution in [3.8, 4) is 0 Å². The fraction of sp³-hybridized carbons (Fsp3) is 0. The summed E-state index contributed by atoms with van der Waals surface area (Å²) in [4.78, 5) is 19.4. The second-order valence-corrected chi connectivity index (χ2v) is 3.14. The molecule has 0 aliphatic rings. The maximum absolute atomic E-state index is 11.8. The van der Waals surface area contributed by atoms with Crippen molar-refractivity contribution >= 4 is 17.4 Å². The molecule has 0 spiro atoms. The highest BCUT2D eigenvalue weighted by Gasteiger charge is 2.08. The Bertz CT molecular complexity index is 498. The lowest BCUT2D eigenvalue weighted by atomic mass is 10.2. The van der Waals surface area contributed by atoms with Crippen molar-refractivity contribution in [1.82, 2.24) is 9.97 Å². The number of anilines is 2. The first-order chi connectivity index (χ1) is 7.77. The smallest absolute Gasteiger partial charge is 0.258 e. The van der Waals surface area contributed by atoms with Crippen LogP contribution in [0.15, 0.2) is 42.9 Å². The Hall–Kier alpha value is -2.43. The lowest BCUT2D eigenvalue weighted by molar-refractivity contribution is 0.102. The van der Waals surface area contributed by atoms with E-state index in [0.717, 1.165) is 0 Å². The quantitative estimate of drug-likeness (QED) is 0.738. The molecule has 1 amide bonds. The van der Waals surface area contributed by atoms with E-state index in [4.69, 9.17) is 5.73 Å². The fourth-order valence-electron chi connectivity index (χ4n) is 1.25. The average molecular weight is 214 g/mol. The maximum atomic E-state index is 11.8. The molecular weight excluding hydrogens is 204 g/mol. The van der Waals surface area contributed by atoms with Crippen LogP contribution >= 0.6 is 0 Å². The molecule has 16 heavy (non-hydrogen) atoms. The Morgan fingerprint density at radius 2 is 2.06 bits per heavy atom. The van der Waals surface area contributed by atoms with Crippen LogP contribution in [0, 0.1) is 0 Å². The molecule has 0 unspecified atom stereocenters. The number of carbonyl (C=O) groups is 1. The van der Waals surface area contributed by atoms with E-state index in [1.165, 1.54) is 6.33 Å². The highest BCUT2D eigenvalue weighted by Crippen LogP contribution is 2.12. The van der Waals surface area contributed by atoms with Crippen LogP contribution in [0.5, 0.6) is 0 Å². The molecule has 0 atom stereocenters. The second kappa shape index (κ2) is 4.39. The number of nitrogens with one attached hydrogen (secondary N) is 1. The monoisotopic (exact) mass is 214 g/mol. The highest BCUT2D eigenvalue weighted by molar-refractivity contribution is 6.07. The summed E-state index contributed by atoms with van der Waals surface area (Å²) in [7, 11) is 0. The number of aromatic nitrogens is 2. The van der Waals surface area contributed by atoms with Crippen LogP contribution in [0.2, 0.25) is 0 Å². The van der Waals surface area contributed by atoms with Crippen LogP contribution < -0.4 is 11.1 Å². The molecule has 1 aromatic heterocycles. The van der Waals surface area contributed by atoms with E-state index >= 15 is 0 Å². The topological polar surface area (TPSA) is 80.9 Å². The Morgan fingerprint density at radius 3 is 2.75 bits per heavy atom. The van der Waals surface area contributed by atoms with E-state index in [2.05, 4.69) is 15.3 Å². The first kappa shape index (κ1) is 10.1.